The summed E-state index contributed by atoms with van der Waals surface area (Å²) in [5.74, 6) is 3.27. The van der Waals surface area contributed by atoms with Gasteiger partial charge in [-0.25, -0.2) is 4.98 Å². The Kier molecular flexibility index (Phi) is 4.65. The zero-order valence-electron chi connectivity index (χ0n) is 17.3. The van der Waals surface area contributed by atoms with Crippen LogP contribution in [-0.2, 0) is 4.79 Å². The second kappa shape index (κ2) is 7.31. The normalized spacial score (nSPS) is 31.1. The van der Waals surface area contributed by atoms with Gasteiger partial charge in [0.2, 0.25) is 5.91 Å². The maximum atomic E-state index is 13.0. The van der Waals surface area contributed by atoms with Gasteiger partial charge in [0.15, 0.2) is 5.13 Å². The van der Waals surface area contributed by atoms with Crippen LogP contribution >= 0.6 is 27.3 Å². The third-order valence-corrected chi connectivity index (χ3v) is 9.09. The van der Waals surface area contributed by atoms with Gasteiger partial charge >= 0.3 is 0 Å². The Morgan fingerprint density at radius 2 is 1.87 bits per heavy atom. The number of amides is 1. The molecule has 1 N–H and O–H groups in total. The molecular weight excluding hydrogens is 472 g/mol. The molecule has 4 bridgehead atoms. The van der Waals surface area contributed by atoms with E-state index in [0.29, 0.717) is 11.6 Å². The van der Waals surface area contributed by atoms with Crippen LogP contribution in [0, 0.1) is 17.3 Å². The molecule has 4 aliphatic carbocycles. The maximum absolute atomic E-state index is 13.0. The summed E-state index contributed by atoms with van der Waals surface area (Å²) < 4.78 is 7.22. The summed E-state index contributed by atoms with van der Waals surface area (Å²) in [6, 6.07) is 15.6. The molecule has 1 heterocycles. The first-order valence-corrected chi connectivity index (χ1v) is 12.7. The molecule has 2 atom stereocenters. The van der Waals surface area contributed by atoms with Crippen LogP contribution in [0.15, 0.2) is 48.5 Å². The van der Waals surface area contributed by atoms with Crippen LogP contribution in [-0.4, -0.2) is 15.2 Å². The first-order chi connectivity index (χ1) is 15.0. The Labute approximate surface area is 194 Å². The number of nitrogens with zero attached hydrogens (tertiary/aromatic N) is 1. The molecule has 1 aromatic heterocycles. The number of carbonyl (C=O) groups excluding carboxylic acids is 1. The Morgan fingerprint density at radius 1 is 1.10 bits per heavy atom. The molecule has 0 saturated heterocycles. The molecule has 0 spiro atoms. The van der Waals surface area contributed by atoms with Crippen molar-refractivity contribution in [1.82, 2.24) is 4.98 Å². The first-order valence-electron chi connectivity index (χ1n) is 11.1. The van der Waals surface area contributed by atoms with Gasteiger partial charge in [0.25, 0.3) is 0 Å². The van der Waals surface area contributed by atoms with E-state index in [-0.39, 0.29) is 15.6 Å². The minimum atomic E-state index is 0.109. The summed E-state index contributed by atoms with van der Waals surface area (Å²) in [4.78, 5) is 17.6. The number of halogens is 1. The summed E-state index contributed by atoms with van der Waals surface area (Å²) in [7, 11) is 0. The Bertz CT molecular complexity index is 1130. The number of carbonyl (C=O) groups is 1. The summed E-state index contributed by atoms with van der Waals surface area (Å²) in [5, 5.41) is 3.78. The molecule has 0 radical (unpaired) electrons. The summed E-state index contributed by atoms with van der Waals surface area (Å²) in [6.45, 7) is 0. The molecule has 4 aliphatic rings. The van der Waals surface area contributed by atoms with Crippen molar-refractivity contribution in [2.45, 2.75) is 49.3 Å². The maximum Gasteiger partial charge on any atom is 0.226 e. The summed E-state index contributed by atoms with van der Waals surface area (Å²) in [6.07, 6.45) is 8.12. The van der Waals surface area contributed by atoms with E-state index < -0.39 is 0 Å². The minimum absolute atomic E-state index is 0.109. The van der Waals surface area contributed by atoms with Crippen molar-refractivity contribution >= 4 is 48.5 Å². The lowest BCUT2D eigenvalue weighted by atomic mass is 9.48. The molecule has 2 aromatic carbocycles. The second-order valence-corrected chi connectivity index (χ2v) is 12.6. The van der Waals surface area contributed by atoms with Crippen molar-refractivity contribution in [3.63, 3.8) is 0 Å². The Hall–Kier alpha value is -1.92. The van der Waals surface area contributed by atoms with Gasteiger partial charge in [-0.1, -0.05) is 45.5 Å². The van der Waals surface area contributed by atoms with Gasteiger partial charge in [0, 0.05) is 16.8 Å². The van der Waals surface area contributed by atoms with Gasteiger partial charge in [-0.15, -0.1) is 0 Å². The van der Waals surface area contributed by atoms with Gasteiger partial charge < -0.3 is 10.1 Å². The topological polar surface area (TPSA) is 51.2 Å². The molecule has 3 aromatic rings. The first kappa shape index (κ1) is 19.7. The van der Waals surface area contributed by atoms with E-state index in [2.05, 4.69) is 26.2 Å². The van der Waals surface area contributed by atoms with Crippen LogP contribution in [0.1, 0.15) is 44.9 Å². The standard InChI is InChI=1S/C25H25BrN2O2S/c26-25-12-16-8-17(13-25)11-24(10-16,15-25)14-22(29)28-23-27-20-7-6-19(9-21(20)31-23)30-18-4-2-1-3-5-18/h1-7,9,16-17H,8,10-15H2,(H,27,28,29). The molecule has 0 aliphatic heterocycles. The van der Waals surface area contributed by atoms with Crippen molar-refractivity contribution in [3.8, 4) is 11.5 Å². The van der Waals surface area contributed by atoms with Gasteiger partial charge in [-0.2, -0.15) is 0 Å². The average Bonchev–Trinajstić information content (AvgIpc) is 3.07. The smallest absolute Gasteiger partial charge is 0.226 e. The number of aromatic nitrogens is 1. The molecule has 7 rings (SSSR count). The minimum Gasteiger partial charge on any atom is -0.457 e. The van der Waals surface area contributed by atoms with E-state index in [1.807, 2.05) is 48.5 Å². The van der Waals surface area contributed by atoms with Crippen LogP contribution < -0.4 is 10.1 Å². The van der Waals surface area contributed by atoms with E-state index in [4.69, 9.17) is 4.74 Å². The quantitative estimate of drug-likeness (QED) is 0.381. The second-order valence-electron chi connectivity index (χ2n) is 9.90. The molecule has 2 unspecified atom stereocenters. The zero-order valence-corrected chi connectivity index (χ0v) is 19.7. The average molecular weight is 497 g/mol. The van der Waals surface area contributed by atoms with Gasteiger partial charge in [-0.05, 0) is 80.0 Å². The van der Waals surface area contributed by atoms with Crippen molar-refractivity contribution in [2.75, 3.05) is 5.32 Å². The fraction of sp³-hybridized carbons (Fsp3) is 0.440. The van der Waals surface area contributed by atoms with Gasteiger partial charge in [0.05, 0.1) is 10.2 Å². The van der Waals surface area contributed by atoms with E-state index in [1.165, 1.54) is 43.4 Å². The van der Waals surface area contributed by atoms with Gasteiger partial charge in [-0.3, -0.25) is 4.79 Å². The van der Waals surface area contributed by atoms with Crippen molar-refractivity contribution in [3.05, 3.63) is 48.5 Å². The van der Waals surface area contributed by atoms with Crippen LogP contribution in [0.5, 0.6) is 11.5 Å². The molecule has 4 nitrogen and oxygen atoms in total. The number of rotatable bonds is 5. The predicted molar refractivity (Wildman–Crippen MR) is 128 cm³/mol. The monoisotopic (exact) mass is 496 g/mol. The molecular formula is C25H25BrN2O2S. The number of benzene rings is 2. The van der Waals surface area contributed by atoms with E-state index in [1.54, 1.807) is 0 Å². The number of fused-ring (bicyclic) bond motifs is 1. The molecule has 31 heavy (non-hydrogen) atoms. The van der Waals surface area contributed by atoms with Crippen molar-refractivity contribution in [1.29, 1.82) is 0 Å². The largest absolute Gasteiger partial charge is 0.457 e. The fourth-order valence-electron chi connectivity index (χ4n) is 6.69. The lowest BCUT2D eigenvalue weighted by molar-refractivity contribution is -0.123. The Morgan fingerprint density at radius 3 is 2.61 bits per heavy atom. The lowest BCUT2D eigenvalue weighted by Crippen LogP contribution is -2.53. The molecule has 6 heteroatoms. The number of thiazole rings is 1. The van der Waals surface area contributed by atoms with Gasteiger partial charge in [0.1, 0.15) is 11.5 Å². The highest BCUT2D eigenvalue weighted by Crippen LogP contribution is 2.65. The van der Waals surface area contributed by atoms with Crippen LogP contribution in [0.2, 0.25) is 0 Å². The van der Waals surface area contributed by atoms with Crippen LogP contribution in [0.3, 0.4) is 0 Å². The molecule has 1 amide bonds. The molecule has 4 fully saturated rings. The third kappa shape index (κ3) is 3.89. The summed E-state index contributed by atoms with van der Waals surface area (Å²) >= 11 is 5.56. The van der Waals surface area contributed by atoms with Crippen LogP contribution in [0.25, 0.3) is 10.2 Å². The zero-order chi connectivity index (χ0) is 21.1. The molecule has 160 valence electrons. The Balaban J connectivity index is 1.16. The highest BCUT2D eigenvalue weighted by atomic mass is 79.9. The predicted octanol–water partition coefficient (Wildman–Crippen LogP) is 7.15. The van der Waals surface area contributed by atoms with Crippen LogP contribution in [0.4, 0.5) is 5.13 Å². The van der Waals surface area contributed by atoms with E-state index >= 15 is 0 Å². The summed E-state index contributed by atoms with van der Waals surface area (Å²) in [5.41, 5.74) is 1.06. The van der Waals surface area contributed by atoms with Crippen molar-refractivity contribution in [2.24, 2.45) is 17.3 Å². The van der Waals surface area contributed by atoms with Crippen molar-refractivity contribution < 1.29 is 9.53 Å². The fourth-order valence-corrected chi connectivity index (χ4v) is 9.11. The third-order valence-electron chi connectivity index (χ3n) is 7.23. The van der Waals surface area contributed by atoms with E-state index in [9.17, 15) is 4.79 Å². The number of anilines is 1. The highest BCUT2D eigenvalue weighted by molar-refractivity contribution is 9.10. The highest BCUT2D eigenvalue weighted by Gasteiger charge is 2.57. The molecule has 4 saturated carbocycles. The number of para-hydroxylation sites is 1. The number of ether oxygens (including phenoxy) is 1. The number of hydrogen-bond acceptors (Lipinski definition) is 4. The SMILES string of the molecule is O=C(CC12CC3CC(CC(Br)(C3)C1)C2)Nc1nc2ccc(Oc3ccccc3)cc2s1. The van der Waals surface area contributed by atoms with E-state index in [0.717, 1.165) is 40.0 Å². The lowest BCUT2D eigenvalue weighted by Gasteiger charge is -2.60. The number of alkyl halides is 1. The number of nitrogens with one attached hydrogen (secondary N) is 1. The number of hydrogen-bond donors (Lipinski definition) is 1.